The van der Waals surface area contributed by atoms with Gasteiger partial charge < -0.3 is 5.73 Å². The summed E-state index contributed by atoms with van der Waals surface area (Å²) in [5.74, 6) is -0.0207. The summed E-state index contributed by atoms with van der Waals surface area (Å²) < 4.78 is 0. The van der Waals surface area contributed by atoms with Gasteiger partial charge in [-0.3, -0.25) is 5.41 Å². The highest BCUT2D eigenvalue weighted by Gasteiger charge is 2.10. The fourth-order valence-electron chi connectivity index (χ4n) is 1.22. The Labute approximate surface area is 108 Å². The molecule has 0 aromatic carbocycles. The zero-order valence-electron chi connectivity index (χ0n) is 8.72. The molecule has 2 aromatic rings. The SMILES string of the molecule is N=C(N)c1cccnc1Sc1ncccc1Cl. The molecule has 3 N–H and O–H groups in total. The zero-order valence-corrected chi connectivity index (χ0v) is 10.3. The van der Waals surface area contributed by atoms with Crippen LogP contribution in [0.25, 0.3) is 0 Å². The molecule has 2 aromatic heterocycles. The van der Waals surface area contributed by atoms with Crippen LogP contribution < -0.4 is 5.73 Å². The zero-order chi connectivity index (χ0) is 12.3. The highest BCUT2D eigenvalue weighted by Crippen LogP contribution is 2.31. The van der Waals surface area contributed by atoms with Gasteiger partial charge in [-0.25, -0.2) is 9.97 Å². The Hall–Kier alpha value is -1.59. The molecule has 0 amide bonds. The van der Waals surface area contributed by atoms with E-state index in [1.165, 1.54) is 11.8 Å². The lowest BCUT2D eigenvalue weighted by molar-refractivity contribution is 1.08. The summed E-state index contributed by atoms with van der Waals surface area (Å²) in [5.41, 5.74) is 6.07. The molecular weight excluding hydrogens is 256 g/mol. The largest absolute Gasteiger partial charge is 0.384 e. The van der Waals surface area contributed by atoms with Crippen molar-refractivity contribution in [3.8, 4) is 0 Å². The molecule has 0 radical (unpaired) electrons. The van der Waals surface area contributed by atoms with Crippen molar-refractivity contribution in [1.82, 2.24) is 9.97 Å². The molecule has 0 fully saturated rings. The maximum absolute atomic E-state index is 7.47. The minimum absolute atomic E-state index is 0.0207. The highest BCUT2D eigenvalue weighted by atomic mass is 35.5. The van der Waals surface area contributed by atoms with E-state index in [1.807, 2.05) is 0 Å². The Kier molecular flexibility index (Phi) is 3.61. The van der Waals surface area contributed by atoms with Crippen LogP contribution in [-0.4, -0.2) is 15.8 Å². The van der Waals surface area contributed by atoms with Gasteiger partial charge in [0.1, 0.15) is 15.9 Å². The van der Waals surface area contributed by atoms with Crippen LogP contribution in [0.1, 0.15) is 5.56 Å². The van der Waals surface area contributed by atoms with Crippen LogP contribution in [0.4, 0.5) is 0 Å². The van der Waals surface area contributed by atoms with Crippen molar-refractivity contribution in [3.63, 3.8) is 0 Å². The van der Waals surface area contributed by atoms with Crippen molar-refractivity contribution in [1.29, 1.82) is 5.41 Å². The first-order valence-electron chi connectivity index (χ1n) is 4.76. The summed E-state index contributed by atoms with van der Waals surface area (Å²) in [6.45, 7) is 0. The summed E-state index contributed by atoms with van der Waals surface area (Å²) in [7, 11) is 0. The smallest absolute Gasteiger partial charge is 0.125 e. The summed E-state index contributed by atoms with van der Waals surface area (Å²) in [6.07, 6.45) is 3.30. The highest BCUT2D eigenvalue weighted by molar-refractivity contribution is 7.99. The minimum Gasteiger partial charge on any atom is -0.384 e. The molecule has 0 saturated heterocycles. The van der Waals surface area contributed by atoms with E-state index >= 15 is 0 Å². The first kappa shape index (κ1) is 11.9. The molecular formula is C11H9ClN4S. The van der Waals surface area contributed by atoms with Gasteiger partial charge in [-0.15, -0.1) is 0 Å². The van der Waals surface area contributed by atoms with E-state index in [9.17, 15) is 0 Å². The second-order valence-electron chi connectivity index (χ2n) is 3.16. The molecule has 2 rings (SSSR count). The molecule has 0 aliphatic heterocycles. The molecule has 0 saturated carbocycles. The number of nitrogens with two attached hydrogens (primary N) is 1. The number of pyridine rings is 2. The number of rotatable bonds is 3. The second kappa shape index (κ2) is 5.16. The van der Waals surface area contributed by atoms with E-state index in [0.29, 0.717) is 20.6 Å². The van der Waals surface area contributed by atoms with Crippen LogP contribution in [-0.2, 0) is 0 Å². The van der Waals surface area contributed by atoms with Crippen LogP contribution in [0.5, 0.6) is 0 Å². The summed E-state index contributed by atoms with van der Waals surface area (Å²) >= 11 is 7.30. The van der Waals surface area contributed by atoms with E-state index in [1.54, 1.807) is 36.7 Å². The number of halogens is 1. The molecule has 0 bridgehead atoms. The Balaban J connectivity index is 2.37. The quantitative estimate of drug-likeness (QED) is 0.660. The fourth-order valence-corrected chi connectivity index (χ4v) is 2.32. The molecule has 86 valence electrons. The van der Waals surface area contributed by atoms with Crippen LogP contribution in [0.3, 0.4) is 0 Å². The molecule has 0 aliphatic carbocycles. The lowest BCUT2D eigenvalue weighted by Gasteiger charge is -2.06. The topological polar surface area (TPSA) is 75.7 Å². The number of aromatic nitrogens is 2. The van der Waals surface area contributed by atoms with Gasteiger partial charge >= 0.3 is 0 Å². The lowest BCUT2D eigenvalue weighted by atomic mass is 10.3. The third-order valence-corrected chi connectivity index (χ3v) is 3.43. The first-order valence-corrected chi connectivity index (χ1v) is 5.95. The number of hydrogen-bond acceptors (Lipinski definition) is 4. The molecule has 2 heterocycles. The van der Waals surface area contributed by atoms with Crippen molar-refractivity contribution in [2.24, 2.45) is 5.73 Å². The van der Waals surface area contributed by atoms with E-state index in [2.05, 4.69) is 9.97 Å². The predicted octanol–water partition coefficient (Wildman–Crippen LogP) is 2.57. The summed E-state index contributed by atoms with van der Waals surface area (Å²) in [6, 6.07) is 7.00. The third-order valence-electron chi connectivity index (χ3n) is 1.98. The van der Waals surface area contributed by atoms with Crippen molar-refractivity contribution >= 4 is 29.2 Å². The monoisotopic (exact) mass is 264 g/mol. The van der Waals surface area contributed by atoms with Gasteiger partial charge in [-0.05, 0) is 36.0 Å². The van der Waals surface area contributed by atoms with Gasteiger partial charge in [-0.1, -0.05) is 11.6 Å². The van der Waals surface area contributed by atoms with Gasteiger partial charge in [0, 0.05) is 18.0 Å². The van der Waals surface area contributed by atoms with Gasteiger partial charge in [0.25, 0.3) is 0 Å². The van der Waals surface area contributed by atoms with E-state index in [0.717, 1.165) is 0 Å². The molecule has 0 aliphatic rings. The molecule has 0 unspecified atom stereocenters. The average molecular weight is 265 g/mol. The Bertz CT molecular complexity index is 559. The van der Waals surface area contributed by atoms with Gasteiger partial charge in [-0.2, -0.15) is 0 Å². The third kappa shape index (κ3) is 2.75. The first-order chi connectivity index (χ1) is 8.18. The Morgan fingerprint density at radius 1 is 1.18 bits per heavy atom. The number of hydrogen-bond donors (Lipinski definition) is 2. The van der Waals surface area contributed by atoms with Crippen molar-refractivity contribution in [2.75, 3.05) is 0 Å². The molecule has 6 heteroatoms. The molecule has 0 spiro atoms. The van der Waals surface area contributed by atoms with Gasteiger partial charge in [0.15, 0.2) is 0 Å². The van der Waals surface area contributed by atoms with Crippen molar-refractivity contribution in [3.05, 3.63) is 47.2 Å². The average Bonchev–Trinajstić information content (AvgIpc) is 2.32. The minimum atomic E-state index is -0.0207. The van der Waals surface area contributed by atoms with Gasteiger partial charge in [0.2, 0.25) is 0 Å². The van der Waals surface area contributed by atoms with Crippen LogP contribution in [0.15, 0.2) is 46.7 Å². The van der Waals surface area contributed by atoms with E-state index < -0.39 is 0 Å². The number of amidine groups is 1. The molecule has 0 atom stereocenters. The number of nitrogens with zero attached hydrogens (tertiary/aromatic N) is 2. The maximum Gasteiger partial charge on any atom is 0.125 e. The standard InChI is InChI=1S/C11H9ClN4S/c12-8-4-2-6-16-11(8)17-10-7(9(13)14)3-1-5-15-10/h1-6H,(H3,13,14). The Morgan fingerprint density at radius 3 is 2.47 bits per heavy atom. The number of nitrogens with one attached hydrogen (secondary N) is 1. The maximum atomic E-state index is 7.47. The van der Waals surface area contributed by atoms with Crippen LogP contribution in [0.2, 0.25) is 5.02 Å². The van der Waals surface area contributed by atoms with E-state index in [-0.39, 0.29) is 5.84 Å². The normalized spacial score (nSPS) is 10.2. The summed E-state index contributed by atoms with van der Waals surface area (Å²) in [4.78, 5) is 8.33. The molecule has 17 heavy (non-hydrogen) atoms. The van der Waals surface area contributed by atoms with Crippen molar-refractivity contribution < 1.29 is 0 Å². The van der Waals surface area contributed by atoms with Crippen molar-refractivity contribution in [2.45, 2.75) is 10.1 Å². The summed E-state index contributed by atoms with van der Waals surface area (Å²) in [5, 5.41) is 9.29. The Morgan fingerprint density at radius 2 is 1.82 bits per heavy atom. The fraction of sp³-hybridized carbons (Fsp3) is 0. The predicted molar refractivity (Wildman–Crippen MR) is 68.6 cm³/mol. The molecule has 4 nitrogen and oxygen atoms in total. The lowest BCUT2D eigenvalue weighted by Crippen LogP contribution is -2.12. The number of nitrogen functional groups attached to an aromatic ring is 1. The second-order valence-corrected chi connectivity index (χ2v) is 4.55. The van der Waals surface area contributed by atoms with Gasteiger partial charge in [0.05, 0.1) is 5.02 Å². The van der Waals surface area contributed by atoms with Crippen LogP contribution >= 0.6 is 23.4 Å². The van der Waals surface area contributed by atoms with Crippen LogP contribution in [0, 0.1) is 5.41 Å². The van der Waals surface area contributed by atoms with E-state index in [4.69, 9.17) is 22.7 Å².